The molecule has 1 aliphatic rings. The quantitative estimate of drug-likeness (QED) is 0.888. The maximum atomic E-state index is 12.6. The summed E-state index contributed by atoms with van der Waals surface area (Å²) in [5, 5.41) is 8.75. The zero-order valence-electron chi connectivity index (χ0n) is 12.9. The van der Waals surface area contributed by atoms with Crippen molar-refractivity contribution in [2.24, 2.45) is 5.41 Å². The fourth-order valence-corrected chi connectivity index (χ4v) is 3.21. The Bertz CT molecular complexity index is 658. The molecule has 0 bridgehead atoms. The molecule has 2 aromatic carbocycles. The van der Waals surface area contributed by atoms with E-state index in [2.05, 4.69) is 34.9 Å². The molecular weight excluding hydrogens is 276 g/mol. The summed E-state index contributed by atoms with van der Waals surface area (Å²) in [5.41, 5.74) is 0.712. The minimum absolute atomic E-state index is 0.0762. The molecule has 2 aromatic rings. The molecule has 1 fully saturated rings. The van der Waals surface area contributed by atoms with Gasteiger partial charge in [0.1, 0.15) is 0 Å². The van der Waals surface area contributed by atoms with Gasteiger partial charge in [0.05, 0.1) is 12.0 Å². The van der Waals surface area contributed by atoms with E-state index in [9.17, 15) is 4.79 Å². The summed E-state index contributed by atoms with van der Waals surface area (Å²) in [6.45, 7) is 2.56. The average molecular weight is 298 g/mol. The molecule has 22 heavy (non-hydrogen) atoms. The molecule has 1 unspecified atom stereocenters. The Kier molecular flexibility index (Phi) is 4.41. The molecule has 0 aromatic heterocycles. The third kappa shape index (κ3) is 2.85. The van der Waals surface area contributed by atoms with Crippen molar-refractivity contribution in [3.8, 4) is 0 Å². The molecule has 1 saturated heterocycles. The van der Waals surface area contributed by atoms with Gasteiger partial charge >= 0.3 is 0 Å². The number of rotatable bonds is 5. The standard InChI is InChI=1S/C18H22N2O2/c1-22-13-18(9-10-19-12-18)17(21)20-11-15-7-4-6-14-5-2-3-8-16(14)15/h2-8,19H,9-13H2,1H3,(H,20,21). The van der Waals surface area contributed by atoms with Crippen molar-refractivity contribution in [3.05, 3.63) is 48.0 Å². The number of fused-ring (bicyclic) bond motifs is 1. The molecule has 1 amide bonds. The predicted octanol–water partition coefficient (Wildman–Crippen LogP) is 2.08. The van der Waals surface area contributed by atoms with Crippen molar-refractivity contribution in [1.29, 1.82) is 0 Å². The van der Waals surface area contributed by atoms with E-state index in [4.69, 9.17) is 4.74 Å². The monoisotopic (exact) mass is 298 g/mol. The van der Waals surface area contributed by atoms with Gasteiger partial charge in [-0.1, -0.05) is 42.5 Å². The molecule has 2 N–H and O–H groups in total. The van der Waals surface area contributed by atoms with E-state index in [1.807, 2.05) is 18.2 Å². The third-order valence-corrected chi connectivity index (χ3v) is 4.47. The first-order valence-electron chi connectivity index (χ1n) is 7.70. The van der Waals surface area contributed by atoms with Crippen molar-refractivity contribution >= 4 is 16.7 Å². The largest absolute Gasteiger partial charge is 0.384 e. The first-order chi connectivity index (χ1) is 10.7. The lowest BCUT2D eigenvalue weighted by atomic mass is 9.87. The molecule has 4 heteroatoms. The summed E-state index contributed by atoms with van der Waals surface area (Å²) in [7, 11) is 1.65. The fraction of sp³-hybridized carbons (Fsp3) is 0.389. The van der Waals surface area contributed by atoms with E-state index < -0.39 is 5.41 Å². The fourth-order valence-electron chi connectivity index (χ4n) is 3.21. The van der Waals surface area contributed by atoms with Crippen LogP contribution in [0.2, 0.25) is 0 Å². The zero-order chi connectivity index (χ0) is 15.4. The van der Waals surface area contributed by atoms with E-state index in [1.165, 1.54) is 10.8 Å². The molecule has 0 saturated carbocycles. The van der Waals surface area contributed by atoms with Crippen LogP contribution in [0.15, 0.2) is 42.5 Å². The Hall–Kier alpha value is -1.91. The lowest BCUT2D eigenvalue weighted by Crippen LogP contribution is -2.45. The van der Waals surface area contributed by atoms with Gasteiger partial charge in [-0.3, -0.25) is 4.79 Å². The van der Waals surface area contributed by atoms with Crippen molar-refractivity contribution < 1.29 is 9.53 Å². The maximum absolute atomic E-state index is 12.6. The molecular formula is C18H22N2O2. The second kappa shape index (κ2) is 6.46. The molecule has 3 rings (SSSR count). The van der Waals surface area contributed by atoms with Gasteiger partial charge in [-0.15, -0.1) is 0 Å². The first kappa shape index (κ1) is 15.0. The number of methoxy groups -OCH3 is 1. The van der Waals surface area contributed by atoms with Gasteiger partial charge in [-0.2, -0.15) is 0 Å². The predicted molar refractivity (Wildman–Crippen MR) is 87.6 cm³/mol. The number of hydrogen-bond acceptors (Lipinski definition) is 3. The van der Waals surface area contributed by atoms with E-state index >= 15 is 0 Å². The van der Waals surface area contributed by atoms with Crippen molar-refractivity contribution in [2.75, 3.05) is 26.8 Å². The summed E-state index contributed by atoms with van der Waals surface area (Å²) in [5.74, 6) is 0.0762. The summed E-state index contributed by atoms with van der Waals surface area (Å²) in [6.07, 6.45) is 0.822. The lowest BCUT2D eigenvalue weighted by Gasteiger charge is -2.26. The second-order valence-corrected chi connectivity index (χ2v) is 5.96. The average Bonchev–Trinajstić information content (AvgIpc) is 3.03. The van der Waals surface area contributed by atoms with E-state index in [1.54, 1.807) is 7.11 Å². The minimum Gasteiger partial charge on any atom is -0.384 e. The van der Waals surface area contributed by atoms with Crippen LogP contribution in [0.25, 0.3) is 10.8 Å². The highest BCUT2D eigenvalue weighted by Crippen LogP contribution is 2.26. The minimum atomic E-state index is -0.431. The smallest absolute Gasteiger partial charge is 0.230 e. The van der Waals surface area contributed by atoms with Crippen molar-refractivity contribution in [2.45, 2.75) is 13.0 Å². The third-order valence-electron chi connectivity index (χ3n) is 4.47. The second-order valence-electron chi connectivity index (χ2n) is 5.96. The Balaban J connectivity index is 1.75. The Morgan fingerprint density at radius 1 is 1.27 bits per heavy atom. The van der Waals surface area contributed by atoms with Crippen molar-refractivity contribution in [1.82, 2.24) is 10.6 Å². The Labute approximate surface area is 130 Å². The van der Waals surface area contributed by atoms with Crippen LogP contribution in [0.4, 0.5) is 0 Å². The summed E-state index contributed by atoms with van der Waals surface area (Å²) in [4.78, 5) is 12.6. The number of amides is 1. The number of benzene rings is 2. The van der Waals surface area contributed by atoms with Crippen LogP contribution in [0.3, 0.4) is 0 Å². The SMILES string of the molecule is COCC1(C(=O)NCc2cccc3ccccc23)CCNC1. The van der Waals surface area contributed by atoms with E-state index in [-0.39, 0.29) is 5.91 Å². The lowest BCUT2D eigenvalue weighted by molar-refractivity contribution is -0.133. The molecule has 0 spiro atoms. The Morgan fingerprint density at radius 2 is 2.09 bits per heavy atom. The van der Waals surface area contributed by atoms with Gasteiger partial charge < -0.3 is 15.4 Å². The highest BCUT2D eigenvalue weighted by Gasteiger charge is 2.41. The van der Waals surface area contributed by atoms with Gasteiger partial charge in [-0.05, 0) is 29.3 Å². The van der Waals surface area contributed by atoms with Gasteiger partial charge in [0.15, 0.2) is 0 Å². The van der Waals surface area contributed by atoms with Crippen LogP contribution in [-0.2, 0) is 16.1 Å². The molecule has 0 radical (unpaired) electrons. The van der Waals surface area contributed by atoms with Crippen molar-refractivity contribution in [3.63, 3.8) is 0 Å². The van der Waals surface area contributed by atoms with Crippen LogP contribution in [0.1, 0.15) is 12.0 Å². The van der Waals surface area contributed by atoms with Gasteiger partial charge in [0.25, 0.3) is 0 Å². The number of hydrogen-bond donors (Lipinski definition) is 2. The zero-order valence-corrected chi connectivity index (χ0v) is 12.9. The van der Waals surface area contributed by atoms with Gasteiger partial charge in [0.2, 0.25) is 5.91 Å². The summed E-state index contributed by atoms with van der Waals surface area (Å²) >= 11 is 0. The molecule has 4 nitrogen and oxygen atoms in total. The van der Waals surface area contributed by atoms with Crippen LogP contribution in [0, 0.1) is 5.41 Å². The molecule has 116 valence electrons. The van der Waals surface area contributed by atoms with E-state index in [0.29, 0.717) is 19.7 Å². The van der Waals surface area contributed by atoms with Crippen LogP contribution in [-0.4, -0.2) is 32.7 Å². The maximum Gasteiger partial charge on any atom is 0.230 e. The number of carbonyl (C=O) groups excluding carboxylic acids is 1. The topological polar surface area (TPSA) is 50.4 Å². The number of carbonyl (C=O) groups is 1. The van der Waals surface area contributed by atoms with Gasteiger partial charge in [-0.25, -0.2) is 0 Å². The number of ether oxygens (including phenoxy) is 1. The highest BCUT2D eigenvalue weighted by atomic mass is 16.5. The molecule has 1 heterocycles. The molecule has 1 atom stereocenters. The first-order valence-corrected chi connectivity index (χ1v) is 7.70. The van der Waals surface area contributed by atoms with Crippen LogP contribution >= 0.6 is 0 Å². The Morgan fingerprint density at radius 3 is 2.86 bits per heavy atom. The summed E-state index contributed by atoms with van der Waals surface area (Å²) < 4.78 is 5.27. The molecule has 0 aliphatic carbocycles. The highest BCUT2D eigenvalue weighted by molar-refractivity contribution is 5.87. The molecule has 1 aliphatic heterocycles. The normalized spacial score (nSPS) is 21.1. The number of nitrogens with one attached hydrogen (secondary N) is 2. The van der Waals surface area contributed by atoms with Gasteiger partial charge in [0, 0.05) is 20.2 Å². The van der Waals surface area contributed by atoms with Crippen LogP contribution < -0.4 is 10.6 Å². The van der Waals surface area contributed by atoms with Crippen LogP contribution in [0.5, 0.6) is 0 Å². The summed E-state index contributed by atoms with van der Waals surface area (Å²) in [6, 6.07) is 14.4. The van der Waals surface area contributed by atoms with E-state index in [0.717, 1.165) is 18.5 Å².